The molecular weight excluding hydrogens is 154 g/mol. The van der Waals surface area contributed by atoms with Gasteiger partial charge in [-0.2, -0.15) is 5.10 Å². The van der Waals surface area contributed by atoms with Gasteiger partial charge in [0.2, 0.25) is 0 Å². The number of Topliss-reactive ketones (excluding diaryl/α,β-unsaturated/α-hetero) is 1. The summed E-state index contributed by atoms with van der Waals surface area (Å²) in [5, 5.41) is 5.46. The van der Waals surface area contributed by atoms with Gasteiger partial charge in [0.25, 0.3) is 0 Å². The minimum Gasteiger partial charge on any atom is -0.291 e. The SMILES string of the molecule is O=C1C=NN(c2ccccn2)C1. The largest absolute Gasteiger partial charge is 0.291 e. The standard InChI is InChI=1S/C8H7N3O/c12-7-5-10-11(6-7)8-3-1-2-4-9-8/h1-5H,6H2. The van der Waals surface area contributed by atoms with Gasteiger partial charge in [-0.1, -0.05) is 6.07 Å². The van der Waals surface area contributed by atoms with Gasteiger partial charge in [-0.15, -0.1) is 0 Å². The fourth-order valence-corrected chi connectivity index (χ4v) is 1.01. The van der Waals surface area contributed by atoms with Crippen molar-refractivity contribution in [1.29, 1.82) is 0 Å². The average molecular weight is 161 g/mol. The van der Waals surface area contributed by atoms with Crippen LogP contribution in [-0.4, -0.2) is 23.5 Å². The van der Waals surface area contributed by atoms with E-state index < -0.39 is 0 Å². The van der Waals surface area contributed by atoms with Gasteiger partial charge in [-0.05, 0) is 12.1 Å². The van der Waals surface area contributed by atoms with Crippen molar-refractivity contribution in [2.24, 2.45) is 5.10 Å². The van der Waals surface area contributed by atoms with Crippen LogP contribution in [0.15, 0.2) is 29.5 Å². The van der Waals surface area contributed by atoms with Crippen molar-refractivity contribution >= 4 is 17.8 Å². The lowest BCUT2D eigenvalue weighted by atomic mass is 10.4. The second kappa shape index (κ2) is 2.73. The van der Waals surface area contributed by atoms with Crippen LogP contribution in [0.25, 0.3) is 0 Å². The van der Waals surface area contributed by atoms with Gasteiger partial charge in [-0.25, -0.2) is 9.99 Å². The number of aromatic nitrogens is 1. The summed E-state index contributed by atoms with van der Waals surface area (Å²) in [6, 6.07) is 5.50. The highest BCUT2D eigenvalue weighted by molar-refractivity contribution is 6.31. The van der Waals surface area contributed by atoms with Crippen LogP contribution in [0, 0.1) is 0 Å². The molecule has 0 N–H and O–H groups in total. The Hall–Kier alpha value is -1.71. The van der Waals surface area contributed by atoms with E-state index in [0.717, 1.165) is 0 Å². The van der Waals surface area contributed by atoms with Gasteiger partial charge in [0.1, 0.15) is 12.4 Å². The quantitative estimate of drug-likeness (QED) is 0.601. The molecule has 4 nitrogen and oxygen atoms in total. The highest BCUT2D eigenvalue weighted by atomic mass is 16.1. The lowest BCUT2D eigenvalue weighted by Crippen LogP contribution is -2.17. The molecule has 0 aliphatic carbocycles. The highest BCUT2D eigenvalue weighted by Gasteiger charge is 2.15. The number of nitrogens with zero attached hydrogens (tertiary/aromatic N) is 3. The second-order valence-corrected chi connectivity index (χ2v) is 2.46. The molecule has 0 fully saturated rings. The molecule has 0 radical (unpaired) electrons. The first kappa shape index (κ1) is 6.97. The molecule has 1 aromatic rings. The predicted molar refractivity (Wildman–Crippen MR) is 45.1 cm³/mol. The maximum atomic E-state index is 10.8. The van der Waals surface area contributed by atoms with Crippen LogP contribution in [0.4, 0.5) is 5.82 Å². The van der Waals surface area contributed by atoms with E-state index in [1.54, 1.807) is 11.2 Å². The van der Waals surface area contributed by atoms with E-state index >= 15 is 0 Å². The summed E-state index contributed by atoms with van der Waals surface area (Å²) in [7, 11) is 0. The van der Waals surface area contributed by atoms with E-state index in [1.165, 1.54) is 6.21 Å². The van der Waals surface area contributed by atoms with E-state index in [0.29, 0.717) is 12.4 Å². The van der Waals surface area contributed by atoms with Crippen LogP contribution >= 0.6 is 0 Å². The summed E-state index contributed by atoms with van der Waals surface area (Å²) >= 11 is 0. The first-order chi connectivity index (χ1) is 5.86. The third-order valence-corrected chi connectivity index (χ3v) is 1.56. The molecule has 0 spiro atoms. The van der Waals surface area contributed by atoms with E-state index in [-0.39, 0.29) is 5.78 Å². The second-order valence-electron chi connectivity index (χ2n) is 2.46. The number of ketones is 1. The Bertz CT molecular complexity index is 320. The number of hydrazone groups is 1. The summed E-state index contributed by atoms with van der Waals surface area (Å²) in [6.07, 6.45) is 2.99. The molecule has 0 bridgehead atoms. The number of anilines is 1. The number of carbonyl (C=O) groups excluding carboxylic acids is 1. The van der Waals surface area contributed by atoms with E-state index in [4.69, 9.17) is 0 Å². The molecule has 2 rings (SSSR count). The number of hydrogen-bond acceptors (Lipinski definition) is 4. The van der Waals surface area contributed by atoms with Gasteiger partial charge < -0.3 is 0 Å². The Kier molecular flexibility index (Phi) is 1.59. The molecule has 2 heterocycles. The molecule has 1 aliphatic heterocycles. The van der Waals surface area contributed by atoms with Crippen molar-refractivity contribution in [2.75, 3.05) is 11.6 Å². The van der Waals surface area contributed by atoms with Crippen LogP contribution in [0.2, 0.25) is 0 Å². The Morgan fingerprint density at radius 3 is 2.92 bits per heavy atom. The fraction of sp³-hybridized carbons (Fsp3) is 0.125. The molecule has 1 aromatic heterocycles. The smallest absolute Gasteiger partial charge is 0.197 e. The molecule has 0 unspecified atom stereocenters. The van der Waals surface area contributed by atoms with Crippen LogP contribution in [0.5, 0.6) is 0 Å². The van der Waals surface area contributed by atoms with Crippen molar-refractivity contribution in [2.45, 2.75) is 0 Å². The lowest BCUT2D eigenvalue weighted by Gasteiger charge is -2.09. The third-order valence-electron chi connectivity index (χ3n) is 1.56. The summed E-state index contributed by atoms with van der Waals surface area (Å²) in [5.74, 6) is 0.722. The van der Waals surface area contributed by atoms with E-state index in [2.05, 4.69) is 10.1 Å². The Morgan fingerprint density at radius 1 is 1.42 bits per heavy atom. The summed E-state index contributed by atoms with van der Waals surface area (Å²) in [5.41, 5.74) is 0. The fourth-order valence-electron chi connectivity index (χ4n) is 1.01. The Balaban J connectivity index is 2.23. The van der Waals surface area contributed by atoms with Gasteiger partial charge in [0.05, 0.1) is 6.21 Å². The molecule has 0 atom stereocenters. The molecule has 0 saturated carbocycles. The van der Waals surface area contributed by atoms with Crippen LogP contribution < -0.4 is 5.01 Å². The van der Waals surface area contributed by atoms with Crippen LogP contribution in [0.1, 0.15) is 0 Å². The maximum Gasteiger partial charge on any atom is 0.197 e. The van der Waals surface area contributed by atoms with E-state index in [1.807, 2.05) is 18.2 Å². The summed E-state index contributed by atoms with van der Waals surface area (Å²) < 4.78 is 0. The van der Waals surface area contributed by atoms with Gasteiger partial charge in [0.15, 0.2) is 5.78 Å². The minimum atomic E-state index is 0.0145. The number of pyridine rings is 1. The molecule has 4 heteroatoms. The molecule has 1 aliphatic rings. The predicted octanol–water partition coefficient (Wildman–Crippen LogP) is 0.456. The maximum absolute atomic E-state index is 10.8. The van der Waals surface area contributed by atoms with Gasteiger partial charge in [-0.3, -0.25) is 4.79 Å². The van der Waals surface area contributed by atoms with Crippen molar-refractivity contribution in [3.8, 4) is 0 Å². The first-order valence-electron chi connectivity index (χ1n) is 3.61. The van der Waals surface area contributed by atoms with Crippen molar-refractivity contribution < 1.29 is 4.79 Å². The Labute approximate surface area is 69.5 Å². The van der Waals surface area contributed by atoms with Crippen molar-refractivity contribution in [1.82, 2.24) is 4.98 Å². The molecule has 0 aromatic carbocycles. The average Bonchev–Trinajstić information content (AvgIpc) is 2.54. The van der Waals surface area contributed by atoms with Crippen molar-refractivity contribution in [3.63, 3.8) is 0 Å². The monoisotopic (exact) mass is 161 g/mol. The molecule has 60 valence electrons. The molecule has 0 saturated heterocycles. The first-order valence-corrected chi connectivity index (χ1v) is 3.61. The van der Waals surface area contributed by atoms with Crippen molar-refractivity contribution in [3.05, 3.63) is 24.4 Å². The lowest BCUT2D eigenvalue weighted by molar-refractivity contribution is -0.110. The molecule has 12 heavy (non-hydrogen) atoms. The highest BCUT2D eigenvalue weighted by Crippen LogP contribution is 2.11. The zero-order valence-electron chi connectivity index (χ0n) is 6.34. The van der Waals surface area contributed by atoms with Crippen LogP contribution in [0.3, 0.4) is 0 Å². The van der Waals surface area contributed by atoms with Gasteiger partial charge in [0, 0.05) is 6.20 Å². The number of hydrogen-bond donors (Lipinski definition) is 0. The number of carbonyl (C=O) groups is 1. The Morgan fingerprint density at radius 2 is 2.33 bits per heavy atom. The zero-order valence-corrected chi connectivity index (χ0v) is 6.34. The van der Waals surface area contributed by atoms with E-state index in [9.17, 15) is 4.79 Å². The van der Waals surface area contributed by atoms with Gasteiger partial charge >= 0.3 is 0 Å². The summed E-state index contributed by atoms with van der Waals surface area (Å²) in [4.78, 5) is 14.9. The normalized spacial score (nSPS) is 15.7. The topological polar surface area (TPSA) is 45.6 Å². The minimum absolute atomic E-state index is 0.0145. The molecule has 0 amide bonds. The third kappa shape index (κ3) is 1.18. The zero-order chi connectivity index (χ0) is 8.39. The summed E-state index contributed by atoms with van der Waals surface area (Å²) in [6.45, 7) is 0.303. The number of rotatable bonds is 1. The molecular formula is C8H7N3O. The van der Waals surface area contributed by atoms with Crippen LogP contribution in [-0.2, 0) is 4.79 Å².